The number of carbonyl (C=O) groups excluding carboxylic acids is 1. The molecule has 4 nitrogen and oxygen atoms in total. The van der Waals surface area contributed by atoms with E-state index in [0.29, 0.717) is 0 Å². The van der Waals surface area contributed by atoms with Gasteiger partial charge in [-0.25, -0.2) is 9.59 Å². The molecule has 100 valence electrons. The number of rotatable bonds is 5. The number of carbonyl (C=O) groups is 2. The smallest absolute Gasteiger partial charge is 0.331 e. The molecule has 0 aliphatic heterocycles. The van der Waals surface area contributed by atoms with Gasteiger partial charge in [0.15, 0.2) is 0 Å². The highest BCUT2D eigenvalue weighted by Gasteiger charge is 2.07. The Morgan fingerprint density at radius 2 is 1.89 bits per heavy atom. The number of hydrogen-bond acceptors (Lipinski definition) is 3. The molecule has 4 heteroatoms. The molecule has 1 rings (SSSR count). The third-order valence-corrected chi connectivity index (χ3v) is 2.34. The maximum Gasteiger partial charge on any atom is 0.331 e. The van der Waals surface area contributed by atoms with Gasteiger partial charge in [-0.1, -0.05) is 30.3 Å². The van der Waals surface area contributed by atoms with Gasteiger partial charge in [-0.15, -0.1) is 0 Å². The average Bonchev–Trinajstić information content (AvgIpc) is 2.37. The minimum Gasteiger partial charge on any atom is -0.478 e. The average molecular weight is 260 g/mol. The van der Waals surface area contributed by atoms with Crippen LogP contribution in [0.2, 0.25) is 0 Å². The monoisotopic (exact) mass is 260 g/mol. The van der Waals surface area contributed by atoms with Crippen molar-refractivity contribution in [2.45, 2.75) is 20.0 Å². The van der Waals surface area contributed by atoms with Crippen molar-refractivity contribution in [3.05, 3.63) is 53.6 Å². The van der Waals surface area contributed by atoms with Crippen molar-refractivity contribution in [1.29, 1.82) is 0 Å². The fourth-order valence-corrected chi connectivity index (χ4v) is 1.41. The van der Waals surface area contributed by atoms with E-state index >= 15 is 0 Å². The van der Waals surface area contributed by atoms with Crippen molar-refractivity contribution >= 4 is 18.0 Å². The minimum atomic E-state index is -1.03. The second kappa shape index (κ2) is 7.16. The second-order valence-corrected chi connectivity index (χ2v) is 4.04. The van der Waals surface area contributed by atoms with Crippen LogP contribution in [-0.4, -0.2) is 23.1 Å². The van der Waals surface area contributed by atoms with Crippen LogP contribution in [0.1, 0.15) is 19.4 Å². The maximum atomic E-state index is 11.5. The molecule has 0 spiro atoms. The van der Waals surface area contributed by atoms with E-state index < -0.39 is 18.0 Å². The Morgan fingerprint density at radius 1 is 1.26 bits per heavy atom. The molecule has 0 saturated carbocycles. The topological polar surface area (TPSA) is 63.6 Å². The highest BCUT2D eigenvalue weighted by atomic mass is 16.5. The van der Waals surface area contributed by atoms with Gasteiger partial charge in [0, 0.05) is 11.6 Å². The Bertz CT molecular complexity index is 500. The fourth-order valence-electron chi connectivity index (χ4n) is 1.41. The number of carboxylic acid groups (broad SMARTS) is 1. The normalized spacial score (nSPS) is 13.3. The number of hydrogen-bond donors (Lipinski definition) is 1. The lowest BCUT2D eigenvalue weighted by Crippen LogP contribution is -2.12. The molecule has 1 N–H and O–H groups in total. The van der Waals surface area contributed by atoms with Gasteiger partial charge in [0.1, 0.15) is 6.10 Å². The summed E-state index contributed by atoms with van der Waals surface area (Å²) in [6, 6.07) is 9.35. The minimum absolute atomic E-state index is 0.146. The highest BCUT2D eigenvalue weighted by Crippen LogP contribution is 2.04. The Morgan fingerprint density at radius 3 is 2.47 bits per heavy atom. The quantitative estimate of drug-likeness (QED) is 0.653. The molecule has 0 heterocycles. The predicted molar refractivity (Wildman–Crippen MR) is 72.4 cm³/mol. The summed E-state index contributed by atoms with van der Waals surface area (Å²) in [7, 11) is 0. The molecule has 0 saturated heterocycles. The summed E-state index contributed by atoms with van der Waals surface area (Å²) in [6.45, 7) is 3.06. The summed E-state index contributed by atoms with van der Waals surface area (Å²) in [5.74, 6) is -1.53. The summed E-state index contributed by atoms with van der Waals surface area (Å²) in [4.78, 5) is 22.1. The van der Waals surface area contributed by atoms with Gasteiger partial charge in [0.25, 0.3) is 0 Å². The van der Waals surface area contributed by atoms with Crippen LogP contribution in [0, 0.1) is 0 Å². The first-order valence-corrected chi connectivity index (χ1v) is 5.84. The van der Waals surface area contributed by atoms with Crippen LogP contribution in [0.15, 0.2) is 48.1 Å². The molecule has 19 heavy (non-hydrogen) atoms. The first kappa shape index (κ1) is 14.7. The van der Waals surface area contributed by atoms with Crippen LogP contribution in [0.5, 0.6) is 0 Å². The van der Waals surface area contributed by atoms with Crippen molar-refractivity contribution in [3.63, 3.8) is 0 Å². The molecule has 1 aromatic rings. The van der Waals surface area contributed by atoms with Crippen LogP contribution in [0.3, 0.4) is 0 Å². The first-order chi connectivity index (χ1) is 8.99. The van der Waals surface area contributed by atoms with Gasteiger partial charge in [-0.3, -0.25) is 0 Å². The van der Waals surface area contributed by atoms with Crippen LogP contribution in [0.25, 0.3) is 6.08 Å². The molecular weight excluding hydrogens is 244 g/mol. The molecule has 1 aromatic carbocycles. The maximum absolute atomic E-state index is 11.5. The number of benzene rings is 1. The van der Waals surface area contributed by atoms with Gasteiger partial charge in [0.2, 0.25) is 0 Å². The van der Waals surface area contributed by atoms with Crippen molar-refractivity contribution in [2.75, 3.05) is 0 Å². The van der Waals surface area contributed by atoms with E-state index in [4.69, 9.17) is 9.84 Å². The van der Waals surface area contributed by atoms with E-state index in [1.54, 1.807) is 13.0 Å². The Hall–Kier alpha value is -2.36. The van der Waals surface area contributed by atoms with E-state index in [9.17, 15) is 9.59 Å². The number of carboxylic acids is 1. The van der Waals surface area contributed by atoms with E-state index in [-0.39, 0.29) is 5.57 Å². The van der Waals surface area contributed by atoms with Crippen molar-refractivity contribution in [2.24, 2.45) is 0 Å². The Balaban J connectivity index is 2.54. The summed E-state index contributed by atoms with van der Waals surface area (Å²) in [5, 5.41) is 8.69. The molecule has 0 fully saturated rings. The largest absolute Gasteiger partial charge is 0.478 e. The number of aliphatic carboxylic acids is 1. The molecule has 0 amide bonds. The van der Waals surface area contributed by atoms with Gasteiger partial charge < -0.3 is 9.84 Å². The predicted octanol–water partition coefficient (Wildman–Crippen LogP) is 2.66. The third-order valence-electron chi connectivity index (χ3n) is 2.34. The van der Waals surface area contributed by atoms with Crippen molar-refractivity contribution in [3.8, 4) is 0 Å². The molecule has 0 bridgehead atoms. The fraction of sp³-hybridized carbons (Fsp3) is 0.200. The summed E-state index contributed by atoms with van der Waals surface area (Å²) >= 11 is 0. The van der Waals surface area contributed by atoms with E-state index in [2.05, 4.69) is 0 Å². The zero-order valence-electron chi connectivity index (χ0n) is 10.9. The lowest BCUT2D eigenvalue weighted by Gasteiger charge is -2.07. The van der Waals surface area contributed by atoms with Crippen molar-refractivity contribution in [1.82, 2.24) is 0 Å². The van der Waals surface area contributed by atoms with Gasteiger partial charge in [-0.05, 0) is 31.6 Å². The first-order valence-electron chi connectivity index (χ1n) is 5.84. The summed E-state index contributed by atoms with van der Waals surface area (Å²) in [5.41, 5.74) is 1.04. The SMILES string of the molecule is CC(=CC(C)OC(=O)C=Cc1ccccc1)C(=O)O. The number of ether oxygens (including phenoxy) is 1. The van der Waals surface area contributed by atoms with Gasteiger partial charge >= 0.3 is 11.9 Å². The lowest BCUT2D eigenvalue weighted by molar-refractivity contribution is -0.140. The Kier molecular flexibility index (Phi) is 5.54. The molecule has 0 aromatic heterocycles. The molecular formula is C15H16O4. The van der Waals surface area contributed by atoms with Crippen LogP contribution in [0.4, 0.5) is 0 Å². The summed E-state index contributed by atoms with van der Waals surface area (Å²) in [6.07, 6.45) is 3.76. The van der Waals surface area contributed by atoms with Crippen molar-refractivity contribution < 1.29 is 19.4 Å². The lowest BCUT2D eigenvalue weighted by atomic mass is 10.2. The molecule has 0 aliphatic rings. The molecule has 0 aliphatic carbocycles. The van der Waals surface area contributed by atoms with Crippen LogP contribution >= 0.6 is 0 Å². The highest BCUT2D eigenvalue weighted by molar-refractivity contribution is 5.88. The second-order valence-electron chi connectivity index (χ2n) is 4.04. The van der Waals surface area contributed by atoms with E-state index in [1.165, 1.54) is 19.1 Å². The zero-order valence-corrected chi connectivity index (χ0v) is 10.9. The van der Waals surface area contributed by atoms with Crippen LogP contribution in [-0.2, 0) is 14.3 Å². The molecule has 0 radical (unpaired) electrons. The third kappa shape index (κ3) is 5.68. The van der Waals surface area contributed by atoms with Gasteiger partial charge in [0.05, 0.1) is 0 Å². The van der Waals surface area contributed by atoms with E-state index in [0.717, 1.165) is 5.56 Å². The Labute approximate surface area is 112 Å². The van der Waals surface area contributed by atoms with Gasteiger partial charge in [-0.2, -0.15) is 0 Å². The molecule has 1 unspecified atom stereocenters. The standard InChI is InChI=1S/C15H16O4/c1-11(15(17)18)10-12(2)19-14(16)9-8-13-6-4-3-5-7-13/h3-10,12H,1-2H3,(H,17,18). The van der Waals surface area contributed by atoms with E-state index in [1.807, 2.05) is 30.3 Å². The van der Waals surface area contributed by atoms with Crippen LogP contribution < -0.4 is 0 Å². The zero-order chi connectivity index (χ0) is 14.3. The summed E-state index contributed by atoms with van der Waals surface area (Å²) < 4.78 is 5.03. The number of esters is 1. The molecule has 1 atom stereocenters.